The van der Waals surface area contributed by atoms with Gasteiger partial charge in [0, 0.05) is 17.6 Å². The molecule has 1 aromatic carbocycles. The molecule has 1 fully saturated rings. The van der Waals surface area contributed by atoms with Crippen molar-refractivity contribution in [3.63, 3.8) is 0 Å². The first-order valence-electron chi connectivity index (χ1n) is 6.52. The van der Waals surface area contributed by atoms with Gasteiger partial charge in [0.2, 0.25) is 0 Å². The molecular formula is C15H17NO2. The Labute approximate surface area is 106 Å². The molecule has 0 radical (unpaired) electrons. The summed E-state index contributed by atoms with van der Waals surface area (Å²) in [6.07, 6.45) is 5.38. The molecule has 2 aromatic rings. The number of aromatic nitrogens is 1. The summed E-state index contributed by atoms with van der Waals surface area (Å²) in [4.78, 5) is 4.31. The minimum atomic E-state index is -0.335. The third-order valence-corrected chi connectivity index (χ3v) is 3.53. The largest absolute Gasteiger partial charge is 0.488 e. The number of ether oxygens (including phenoxy) is 1. The number of hydrogen-bond acceptors (Lipinski definition) is 3. The minimum absolute atomic E-state index is 0.0695. The van der Waals surface area contributed by atoms with Crippen LogP contribution in [0.3, 0.4) is 0 Å². The van der Waals surface area contributed by atoms with Crippen molar-refractivity contribution in [2.75, 3.05) is 0 Å². The zero-order valence-corrected chi connectivity index (χ0v) is 10.2. The van der Waals surface area contributed by atoms with Crippen LogP contribution in [-0.2, 0) is 0 Å². The zero-order valence-electron chi connectivity index (χ0n) is 10.2. The Kier molecular flexibility index (Phi) is 3.15. The van der Waals surface area contributed by atoms with Crippen LogP contribution in [0.25, 0.3) is 10.9 Å². The van der Waals surface area contributed by atoms with Crippen LogP contribution >= 0.6 is 0 Å². The lowest BCUT2D eigenvalue weighted by molar-refractivity contribution is 0.00694. The number of benzene rings is 1. The Hall–Kier alpha value is -1.61. The molecule has 1 aliphatic carbocycles. The van der Waals surface area contributed by atoms with Gasteiger partial charge < -0.3 is 9.84 Å². The molecule has 94 valence electrons. The third-order valence-electron chi connectivity index (χ3n) is 3.53. The topological polar surface area (TPSA) is 42.4 Å². The van der Waals surface area contributed by atoms with Crippen molar-refractivity contribution < 1.29 is 9.84 Å². The Bertz CT molecular complexity index is 541. The van der Waals surface area contributed by atoms with E-state index in [1.165, 1.54) is 0 Å². The number of aliphatic hydroxyl groups is 1. The number of aliphatic hydroxyl groups excluding tert-OH is 1. The highest BCUT2D eigenvalue weighted by Crippen LogP contribution is 2.25. The fourth-order valence-electron chi connectivity index (χ4n) is 2.51. The molecule has 0 spiro atoms. The van der Waals surface area contributed by atoms with Gasteiger partial charge in [0.25, 0.3) is 0 Å². The predicted molar refractivity (Wildman–Crippen MR) is 70.6 cm³/mol. The van der Waals surface area contributed by atoms with Gasteiger partial charge in [-0.15, -0.1) is 0 Å². The smallest absolute Gasteiger partial charge is 0.124 e. The van der Waals surface area contributed by atoms with Crippen LogP contribution in [0.5, 0.6) is 5.75 Å². The number of pyridine rings is 1. The van der Waals surface area contributed by atoms with Gasteiger partial charge in [-0.25, -0.2) is 0 Å². The molecule has 1 saturated carbocycles. The first kappa shape index (κ1) is 11.5. The van der Waals surface area contributed by atoms with Gasteiger partial charge in [0.05, 0.1) is 11.6 Å². The summed E-state index contributed by atoms with van der Waals surface area (Å²) in [6, 6.07) is 9.85. The SMILES string of the molecule is OC1CCCCC1Oc1ccc2cccnc2c1. The molecule has 3 heteroatoms. The van der Waals surface area contributed by atoms with Gasteiger partial charge in [0.1, 0.15) is 11.9 Å². The Morgan fingerprint density at radius 2 is 2.06 bits per heavy atom. The standard InChI is InChI=1S/C15H17NO2/c17-14-5-1-2-6-15(14)18-12-8-7-11-4-3-9-16-13(11)10-12/h3-4,7-10,14-15,17H,1-2,5-6H2. The lowest BCUT2D eigenvalue weighted by atomic mass is 9.95. The second-order valence-electron chi connectivity index (χ2n) is 4.87. The van der Waals surface area contributed by atoms with Gasteiger partial charge >= 0.3 is 0 Å². The number of nitrogens with zero attached hydrogens (tertiary/aromatic N) is 1. The second-order valence-corrected chi connectivity index (χ2v) is 4.87. The molecule has 1 N–H and O–H groups in total. The van der Waals surface area contributed by atoms with Gasteiger partial charge in [0.15, 0.2) is 0 Å². The van der Waals surface area contributed by atoms with E-state index in [2.05, 4.69) is 4.98 Å². The predicted octanol–water partition coefficient (Wildman–Crippen LogP) is 2.92. The van der Waals surface area contributed by atoms with Crippen molar-refractivity contribution in [3.8, 4) is 5.75 Å². The van der Waals surface area contributed by atoms with E-state index >= 15 is 0 Å². The second kappa shape index (κ2) is 4.94. The molecule has 0 aliphatic heterocycles. The average Bonchev–Trinajstić information content (AvgIpc) is 2.41. The van der Waals surface area contributed by atoms with Crippen molar-refractivity contribution in [1.29, 1.82) is 0 Å². The zero-order chi connectivity index (χ0) is 12.4. The minimum Gasteiger partial charge on any atom is -0.488 e. The highest BCUT2D eigenvalue weighted by molar-refractivity contribution is 5.79. The molecule has 1 aliphatic rings. The van der Waals surface area contributed by atoms with E-state index in [-0.39, 0.29) is 12.2 Å². The van der Waals surface area contributed by atoms with Gasteiger partial charge in [-0.3, -0.25) is 4.98 Å². The molecule has 18 heavy (non-hydrogen) atoms. The van der Waals surface area contributed by atoms with Gasteiger partial charge in [-0.2, -0.15) is 0 Å². The van der Waals surface area contributed by atoms with Crippen LogP contribution in [0, 0.1) is 0 Å². The third kappa shape index (κ3) is 2.31. The normalized spacial score (nSPS) is 24.1. The monoisotopic (exact) mass is 243 g/mol. The van der Waals surface area contributed by atoms with E-state index in [0.29, 0.717) is 0 Å². The molecule has 3 nitrogen and oxygen atoms in total. The van der Waals surface area contributed by atoms with Crippen molar-refractivity contribution in [3.05, 3.63) is 36.5 Å². The molecule has 0 amide bonds. The van der Waals surface area contributed by atoms with Crippen LogP contribution in [-0.4, -0.2) is 22.3 Å². The molecule has 1 aromatic heterocycles. The van der Waals surface area contributed by atoms with E-state index in [1.807, 2.05) is 30.3 Å². The van der Waals surface area contributed by atoms with Crippen LogP contribution in [0.4, 0.5) is 0 Å². The highest BCUT2D eigenvalue weighted by Gasteiger charge is 2.24. The lowest BCUT2D eigenvalue weighted by Gasteiger charge is -2.28. The van der Waals surface area contributed by atoms with E-state index in [0.717, 1.165) is 42.3 Å². The first-order valence-corrected chi connectivity index (χ1v) is 6.52. The summed E-state index contributed by atoms with van der Waals surface area (Å²) in [5.74, 6) is 0.798. The molecule has 0 bridgehead atoms. The quantitative estimate of drug-likeness (QED) is 0.881. The van der Waals surface area contributed by atoms with Crippen molar-refractivity contribution in [2.24, 2.45) is 0 Å². The van der Waals surface area contributed by atoms with E-state index in [1.54, 1.807) is 6.20 Å². The molecule has 0 saturated heterocycles. The molecular weight excluding hydrogens is 226 g/mol. The van der Waals surface area contributed by atoms with Gasteiger partial charge in [-0.05, 0) is 37.5 Å². The fraction of sp³-hybridized carbons (Fsp3) is 0.400. The summed E-state index contributed by atoms with van der Waals surface area (Å²) in [5.41, 5.74) is 0.931. The molecule has 2 atom stereocenters. The Morgan fingerprint density at radius 1 is 1.17 bits per heavy atom. The maximum absolute atomic E-state index is 9.90. The number of hydrogen-bond donors (Lipinski definition) is 1. The number of fused-ring (bicyclic) bond motifs is 1. The maximum Gasteiger partial charge on any atom is 0.124 e. The first-order chi connectivity index (χ1) is 8.83. The molecule has 1 heterocycles. The van der Waals surface area contributed by atoms with Crippen LogP contribution in [0.2, 0.25) is 0 Å². The Morgan fingerprint density at radius 3 is 2.94 bits per heavy atom. The van der Waals surface area contributed by atoms with Crippen molar-refractivity contribution in [1.82, 2.24) is 4.98 Å². The average molecular weight is 243 g/mol. The maximum atomic E-state index is 9.90. The van der Waals surface area contributed by atoms with E-state index in [4.69, 9.17) is 4.74 Å². The number of rotatable bonds is 2. The van der Waals surface area contributed by atoms with Gasteiger partial charge in [-0.1, -0.05) is 12.5 Å². The summed E-state index contributed by atoms with van der Waals surface area (Å²) < 4.78 is 5.89. The van der Waals surface area contributed by atoms with Crippen molar-refractivity contribution in [2.45, 2.75) is 37.9 Å². The summed E-state index contributed by atoms with van der Waals surface area (Å²) >= 11 is 0. The van der Waals surface area contributed by atoms with Crippen LogP contribution in [0.1, 0.15) is 25.7 Å². The molecule has 2 unspecified atom stereocenters. The van der Waals surface area contributed by atoms with Crippen LogP contribution < -0.4 is 4.74 Å². The highest BCUT2D eigenvalue weighted by atomic mass is 16.5. The molecule has 3 rings (SSSR count). The van der Waals surface area contributed by atoms with E-state index < -0.39 is 0 Å². The summed E-state index contributed by atoms with van der Waals surface area (Å²) in [5, 5.41) is 11.0. The Balaban J connectivity index is 1.81. The summed E-state index contributed by atoms with van der Waals surface area (Å²) in [7, 11) is 0. The van der Waals surface area contributed by atoms with Crippen molar-refractivity contribution >= 4 is 10.9 Å². The fourth-order valence-corrected chi connectivity index (χ4v) is 2.51. The summed E-state index contributed by atoms with van der Waals surface area (Å²) in [6.45, 7) is 0. The van der Waals surface area contributed by atoms with Crippen LogP contribution in [0.15, 0.2) is 36.5 Å². The van der Waals surface area contributed by atoms with E-state index in [9.17, 15) is 5.11 Å². The lowest BCUT2D eigenvalue weighted by Crippen LogP contribution is -2.34.